The molecular weight excluding hydrogens is 252 g/mol. The fraction of sp³-hybridized carbons (Fsp3) is 0.562. The lowest BCUT2D eigenvalue weighted by Crippen LogP contribution is -2.42. The van der Waals surface area contributed by atoms with Crippen molar-refractivity contribution >= 4 is 5.91 Å². The first-order valence-corrected chi connectivity index (χ1v) is 7.35. The Morgan fingerprint density at radius 1 is 1.40 bits per heavy atom. The third-order valence-corrected chi connectivity index (χ3v) is 3.89. The molecule has 0 bridgehead atoms. The van der Waals surface area contributed by atoms with E-state index in [1.54, 1.807) is 6.07 Å². The van der Waals surface area contributed by atoms with Gasteiger partial charge in [-0.1, -0.05) is 13.0 Å². The van der Waals surface area contributed by atoms with Gasteiger partial charge in [-0.2, -0.15) is 0 Å². The Morgan fingerprint density at radius 2 is 2.15 bits per heavy atom. The van der Waals surface area contributed by atoms with Crippen LogP contribution in [0.5, 0.6) is 5.75 Å². The fourth-order valence-corrected chi connectivity index (χ4v) is 2.50. The minimum absolute atomic E-state index is 0.0219. The molecule has 110 valence electrons. The van der Waals surface area contributed by atoms with E-state index in [4.69, 9.17) is 4.74 Å². The van der Waals surface area contributed by atoms with Gasteiger partial charge >= 0.3 is 0 Å². The lowest BCUT2D eigenvalue weighted by Gasteiger charge is -2.34. The van der Waals surface area contributed by atoms with Crippen LogP contribution in [0.1, 0.15) is 37.0 Å². The molecule has 1 fully saturated rings. The van der Waals surface area contributed by atoms with Crippen LogP contribution < -0.4 is 15.4 Å². The van der Waals surface area contributed by atoms with E-state index in [2.05, 4.69) is 17.6 Å². The van der Waals surface area contributed by atoms with E-state index in [1.807, 2.05) is 25.1 Å². The minimum Gasteiger partial charge on any atom is -0.494 e. The smallest absolute Gasteiger partial charge is 0.251 e. The first-order chi connectivity index (χ1) is 9.63. The number of piperidine rings is 1. The maximum Gasteiger partial charge on any atom is 0.251 e. The van der Waals surface area contributed by atoms with Gasteiger partial charge in [0.15, 0.2) is 0 Å². The van der Waals surface area contributed by atoms with Crippen molar-refractivity contribution in [1.29, 1.82) is 0 Å². The third-order valence-electron chi connectivity index (χ3n) is 3.89. The number of hydrogen-bond acceptors (Lipinski definition) is 3. The number of ether oxygens (including phenoxy) is 1. The van der Waals surface area contributed by atoms with Gasteiger partial charge in [-0.05, 0) is 56.5 Å². The molecule has 4 heteroatoms. The Morgan fingerprint density at radius 3 is 2.85 bits per heavy atom. The standard InChI is InChI=1S/C16H24N2O2/c1-3-20-14-6-4-5-13(11-14)15(19)18-12-16(2)7-9-17-10-8-16/h4-6,11,17H,3,7-10,12H2,1-2H3,(H,18,19). The number of rotatable bonds is 5. The largest absolute Gasteiger partial charge is 0.494 e. The number of carbonyl (C=O) groups excluding carboxylic acids is 1. The molecule has 0 aliphatic carbocycles. The van der Waals surface area contributed by atoms with Gasteiger partial charge in [0.2, 0.25) is 0 Å². The molecule has 1 saturated heterocycles. The van der Waals surface area contributed by atoms with Gasteiger partial charge in [-0.25, -0.2) is 0 Å². The highest BCUT2D eigenvalue weighted by Crippen LogP contribution is 2.26. The van der Waals surface area contributed by atoms with Crippen LogP contribution in [0.15, 0.2) is 24.3 Å². The summed E-state index contributed by atoms with van der Waals surface area (Å²) in [7, 11) is 0. The summed E-state index contributed by atoms with van der Waals surface area (Å²) in [6.45, 7) is 7.58. The van der Waals surface area contributed by atoms with Crippen molar-refractivity contribution in [3.63, 3.8) is 0 Å². The van der Waals surface area contributed by atoms with Crippen molar-refractivity contribution in [2.75, 3.05) is 26.2 Å². The van der Waals surface area contributed by atoms with Gasteiger partial charge in [0.05, 0.1) is 6.61 Å². The van der Waals surface area contributed by atoms with E-state index in [0.29, 0.717) is 12.2 Å². The summed E-state index contributed by atoms with van der Waals surface area (Å²) in [6.07, 6.45) is 2.21. The van der Waals surface area contributed by atoms with Crippen molar-refractivity contribution in [1.82, 2.24) is 10.6 Å². The number of nitrogens with one attached hydrogen (secondary N) is 2. The summed E-state index contributed by atoms with van der Waals surface area (Å²) in [5.74, 6) is 0.722. The average Bonchev–Trinajstić information content (AvgIpc) is 2.46. The maximum absolute atomic E-state index is 12.2. The van der Waals surface area contributed by atoms with Crippen LogP contribution in [0, 0.1) is 5.41 Å². The quantitative estimate of drug-likeness (QED) is 0.867. The normalized spacial score (nSPS) is 17.5. The summed E-state index contributed by atoms with van der Waals surface area (Å²) < 4.78 is 5.42. The summed E-state index contributed by atoms with van der Waals surface area (Å²) in [6, 6.07) is 7.34. The van der Waals surface area contributed by atoms with Crippen molar-refractivity contribution in [3.05, 3.63) is 29.8 Å². The first-order valence-electron chi connectivity index (χ1n) is 7.35. The molecule has 2 N–H and O–H groups in total. The van der Waals surface area contributed by atoms with Gasteiger partial charge in [0.25, 0.3) is 5.91 Å². The summed E-state index contributed by atoms with van der Waals surface area (Å²) in [5, 5.41) is 6.41. The molecule has 4 nitrogen and oxygen atoms in total. The van der Waals surface area contributed by atoms with E-state index in [1.165, 1.54) is 0 Å². The molecule has 2 rings (SSSR count). The second-order valence-electron chi connectivity index (χ2n) is 5.70. The van der Waals surface area contributed by atoms with Crippen LogP contribution in [0.3, 0.4) is 0 Å². The molecule has 0 radical (unpaired) electrons. The molecule has 0 unspecified atom stereocenters. The highest BCUT2D eigenvalue weighted by atomic mass is 16.5. The second-order valence-corrected chi connectivity index (χ2v) is 5.70. The predicted molar refractivity (Wildman–Crippen MR) is 80.2 cm³/mol. The Balaban J connectivity index is 1.92. The van der Waals surface area contributed by atoms with Gasteiger partial charge in [0.1, 0.15) is 5.75 Å². The number of amides is 1. The molecule has 1 heterocycles. The van der Waals surface area contributed by atoms with Crippen LogP contribution in [-0.2, 0) is 0 Å². The van der Waals surface area contributed by atoms with Crippen molar-refractivity contribution < 1.29 is 9.53 Å². The zero-order valence-electron chi connectivity index (χ0n) is 12.4. The van der Waals surface area contributed by atoms with Crippen LogP contribution >= 0.6 is 0 Å². The lowest BCUT2D eigenvalue weighted by atomic mass is 9.81. The van der Waals surface area contributed by atoms with Gasteiger partial charge in [-0.3, -0.25) is 4.79 Å². The Kier molecular flexibility index (Phi) is 5.01. The number of carbonyl (C=O) groups is 1. The highest BCUT2D eigenvalue weighted by Gasteiger charge is 2.27. The first kappa shape index (κ1) is 14.9. The van der Waals surface area contributed by atoms with Gasteiger partial charge in [0, 0.05) is 12.1 Å². The zero-order valence-corrected chi connectivity index (χ0v) is 12.4. The second kappa shape index (κ2) is 6.75. The Bertz CT molecular complexity index is 454. The van der Waals surface area contributed by atoms with Crippen LogP contribution in [0.4, 0.5) is 0 Å². The molecule has 1 aliphatic heterocycles. The molecule has 20 heavy (non-hydrogen) atoms. The van der Waals surface area contributed by atoms with Crippen LogP contribution in [0.2, 0.25) is 0 Å². The average molecular weight is 276 g/mol. The fourth-order valence-electron chi connectivity index (χ4n) is 2.50. The number of hydrogen-bond donors (Lipinski definition) is 2. The van der Waals surface area contributed by atoms with Crippen molar-refractivity contribution in [2.45, 2.75) is 26.7 Å². The van der Waals surface area contributed by atoms with E-state index in [9.17, 15) is 4.79 Å². The Hall–Kier alpha value is -1.55. The molecule has 1 aromatic carbocycles. The van der Waals surface area contributed by atoms with E-state index in [0.717, 1.165) is 38.2 Å². The maximum atomic E-state index is 12.2. The monoisotopic (exact) mass is 276 g/mol. The molecular formula is C16H24N2O2. The molecule has 0 aromatic heterocycles. The van der Waals surface area contributed by atoms with Crippen molar-refractivity contribution in [2.24, 2.45) is 5.41 Å². The minimum atomic E-state index is -0.0219. The van der Waals surface area contributed by atoms with Crippen LogP contribution in [0.25, 0.3) is 0 Å². The molecule has 0 spiro atoms. The Labute approximate surface area is 120 Å². The third kappa shape index (κ3) is 3.97. The molecule has 0 saturated carbocycles. The predicted octanol–water partition coefficient (Wildman–Crippen LogP) is 2.20. The summed E-state index contributed by atoms with van der Waals surface area (Å²) in [4.78, 5) is 12.2. The highest BCUT2D eigenvalue weighted by molar-refractivity contribution is 5.94. The number of benzene rings is 1. The summed E-state index contributed by atoms with van der Waals surface area (Å²) in [5.41, 5.74) is 0.867. The zero-order chi connectivity index (χ0) is 14.4. The van der Waals surface area contributed by atoms with E-state index in [-0.39, 0.29) is 11.3 Å². The molecule has 0 atom stereocenters. The van der Waals surface area contributed by atoms with Gasteiger partial charge in [-0.15, -0.1) is 0 Å². The van der Waals surface area contributed by atoms with E-state index >= 15 is 0 Å². The van der Waals surface area contributed by atoms with Crippen LogP contribution in [-0.4, -0.2) is 32.1 Å². The lowest BCUT2D eigenvalue weighted by molar-refractivity contribution is 0.0922. The molecule has 1 aliphatic rings. The summed E-state index contributed by atoms with van der Waals surface area (Å²) >= 11 is 0. The van der Waals surface area contributed by atoms with Crippen molar-refractivity contribution in [3.8, 4) is 5.75 Å². The van der Waals surface area contributed by atoms with E-state index < -0.39 is 0 Å². The molecule has 1 amide bonds. The van der Waals surface area contributed by atoms with Gasteiger partial charge < -0.3 is 15.4 Å². The SMILES string of the molecule is CCOc1cccc(C(=O)NCC2(C)CCNCC2)c1. The topological polar surface area (TPSA) is 50.4 Å². The molecule has 1 aromatic rings.